The van der Waals surface area contributed by atoms with Gasteiger partial charge in [-0.15, -0.1) is 0 Å². The van der Waals surface area contributed by atoms with Crippen LogP contribution in [0.2, 0.25) is 0 Å². The number of aliphatic carboxylic acids is 1. The van der Waals surface area contributed by atoms with Gasteiger partial charge in [0.25, 0.3) is 0 Å². The fraction of sp³-hybridized carbons (Fsp3) is 0.375. The van der Waals surface area contributed by atoms with Crippen LogP contribution in [0.4, 0.5) is 0 Å². The molecule has 0 atom stereocenters. The summed E-state index contributed by atoms with van der Waals surface area (Å²) < 4.78 is 0. The lowest BCUT2D eigenvalue weighted by Gasteiger charge is -2.12. The summed E-state index contributed by atoms with van der Waals surface area (Å²) in [6.07, 6.45) is 1.62. The number of nitrogens with one attached hydrogen (secondary N) is 1. The number of hydrogen-bond acceptors (Lipinski definition) is 3. The van der Waals surface area contributed by atoms with Crippen LogP contribution in [-0.2, 0) is 14.4 Å². The van der Waals surface area contributed by atoms with E-state index >= 15 is 0 Å². The molecule has 2 amide bonds. The van der Waals surface area contributed by atoms with E-state index < -0.39 is 11.9 Å². The van der Waals surface area contributed by atoms with E-state index in [1.54, 1.807) is 0 Å². The molecule has 6 nitrogen and oxygen atoms in total. The highest BCUT2D eigenvalue weighted by molar-refractivity contribution is 5.95. The molecule has 0 aliphatic carbocycles. The summed E-state index contributed by atoms with van der Waals surface area (Å²) in [5, 5.41) is 10.6. The number of carboxylic acid groups (broad SMARTS) is 1. The topological polar surface area (TPSA) is 86.7 Å². The second-order valence-corrected chi connectivity index (χ2v) is 2.54. The first-order valence-electron chi connectivity index (χ1n) is 3.84. The molecular formula is C8H12N2O4. The summed E-state index contributed by atoms with van der Waals surface area (Å²) in [5.41, 5.74) is 0. The van der Waals surface area contributed by atoms with Crippen molar-refractivity contribution in [3.8, 4) is 0 Å². The SMILES string of the molecule is CNC(=O)CN(C)C(=O)/C=C/C(=O)O. The van der Waals surface area contributed by atoms with Crippen LogP contribution in [0, 0.1) is 0 Å². The number of hydrogen-bond donors (Lipinski definition) is 2. The lowest BCUT2D eigenvalue weighted by molar-refractivity contribution is -0.132. The molecule has 0 spiro atoms. The van der Waals surface area contributed by atoms with Crippen LogP contribution in [0.1, 0.15) is 0 Å². The van der Waals surface area contributed by atoms with Gasteiger partial charge in [-0.2, -0.15) is 0 Å². The quantitative estimate of drug-likeness (QED) is 0.560. The summed E-state index contributed by atoms with van der Waals surface area (Å²) in [6.45, 7) is -0.0979. The fourth-order valence-electron chi connectivity index (χ4n) is 0.642. The summed E-state index contributed by atoms with van der Waals surface area (Å²) in [6, 6.07) is 0. The molecule has 78 valence electrons. The molecule has 0 bridgehead atoms. The highest BCUT2D eigenvalue weighted by atomic mass is 16.4. The Bertz CT molecular complexity index is 273. The van der Waals surface area contributed by atoms with E-state index in [9.17, 15) is 14.4 Å². The number of carbonyl (C=O) groups excluding carboxylic acids is 2. The average molecular weight is 200 g/mol. The van der Waals surface area contributed by atoms with Crippen LogP contribution in [0.5, 0.6) is 0 Å². The molecule has 0 fully saturated rings. The minimum atomic E-state index is -1.20. The van der Waals surface area contributed by atoms with Crippen LogP contribution in [0.15, 0.2) is 12.2 Å². The van der Waals surface area contributed by atoms with Gasteiger partial charge in [0.1, 0.15) is 0 Å². The second kappa shape index (κ2) is 5.74. The van der Waals surface area contributed by atoms with Crippen molar-refractivity contribution in [3.63, 3.8) is 0 Å². The Morgan fingerprint density at radius 3 is 2.36 bits per heavy atom. The molecule has 6 heteroatoms. The van der Waals surface area contributed by atoms with Crippen molar-refractivity contribution in [1.29, 1.82) is 0 Å². The van der Waals surface area contributed by atoms with Crippen molar-refractivity contribution >= 4 is 17.8 Å². The largest absolute Gasteiger partial charge is 0.478 e. The molecule has 0 heterocycles. The third-order valence-corrected chi connectivity index (χ3v) is 1.40. The van der Waals surface area contributed by atoms with Gasteiger partial charge < -0.3 is 15.3 Å². The maximum absolute atomic E-state index is 11.1. The minimum Gasteiger partial charge on any atom is -0.478 e. The average Bonchev–Trinajstić information content (AvgIpc) is 2.13. The summed E-state index contributed by atoms with van der Waals surface area (Å²) >= 11 is 0. The van der Waals surface area contributed by atoms with Gasteiger partial charge in [-0.25, -0.2) is 4.79 Å². The van der Waals surface area contributed by atoms with Gasteiger partial charge in [0.2, 0.25) is 11.8 Å². The molecule has 14 heavy (non-hydrogen) atoms. The Morgan fingerprint density at radius 1 is 1.36 bits per heavy atom. The van der Waals surface area contributed by atoms with E-state index in [2.05, 4.69) is 5.32 Å². The number of likely N-dealkylation sites (N-methyl/N-ethyl adjacent to an activating group) is 2. The highest BCUT2D eigenvalue weighted by Crippen LogP contribution is 1.86. The van der Waals surface area contributed by atoms with Gasteiger partial charge in [-0.05, 0) is 0 Å². The molecule has 2 N–H and O–H groups in total. The van der Waals surface area contributed by atoms with E-state index in [-0.39, 0.29) is 12.5 Å². The number of rotatable bonds is 4. The lowest BCUT2D eigenvalue weighted by Crippen LogP contribution is -2.36. The third kappa shape index (κ3) is 4.91. The van der Waals surface area contributed by atoms with Crippen LogP contribution >= 0.6 is 0 Å². The van der Waals surface area contributed by atoms with Crippen LogP contribution in [0.25, 0.3) is 0 Å². The molecule has 0 rings (SSSR count). The highest BCUT2D eigenvalue weighted by Gasteiger charge is 2.08. The number of carboxylic acids is 1. The fourth-order valence-corrected chi connectivity index (χ4v) is 0.642. The smallest absolute Gasteiger partial charge is 0.328 e. The predicted octanol–water partition coefficient (Wildman–Crippen LogP) is -1.17. The monoisotopic (exact) mass is 200 g/mol. The molecule has 0 radical (unpaired) electrons. The van der Waals surface area contributed by atoms with Crippen molar-refractivity contribution in [3.05, 3.63) is 12.2 Å². The lowest BCUT2D eigenvalue weighted by atomic mass is 10.4. The third-order valence-electron chi connectivity index (χ3n) is 1.40. The van der Waals surface area contributed by atoms with Gasteiger partial charge in [0, 0.05) is 26.2 Å². The first-order valence-corrected chi connectivity index (χ1v) is 3.84. The molecule has 0 aromatic carbocycles. The standard InChI is InChI=1S/C8H12N2O4/c1-9-6(11)5-10(2)7(12)3-4-8(13)14/h3-4H,5H2,1-2H3,(H,9,11)(H,13,14)/b4-3+. The molecule has 0 saturated carbocycles. The number of carbonyl (C=O) groups is 3. The molecule has 0 saturated heterocycles. The molecule has 0 aliphatic rings. The number of nitrogens with zero attached hydrogens (tertiary/aromatic N) is 1. The number of amides is 2. The van der Waals surface area contributed by atoms with Gasteiger partial charge in [-0.1, -0.05) is 0 Å². The minimum absolute atomic E-state index is 0.0979. The molecule has 0 aromatic heterocycles. The molecule has 0 unspecified atom stereocenters. The summed E-state index contributed by atoms with van der Waals surface area (Å²) in [4.78, 5) is 33.1. The zero-order valence-electron chi connectivity index (χ0n) is 7.98. The second-order valence-electron chi connectivity index (χ2n) is 2.54. The van der Waals surface area contributed by atoms with Crippen molar-refractivity contribution in [2.24, 2.45) is 0 Å². The summed E-state index contributed by atoms with van der Waals surface area (Å²) in [7, 11) is 2.86. The van der Waals surface area contributed by atoms with Crippen molar-refractivity contribution in [1.82, 2.24) is 10.2 Å². The van der Waals surface area contributed by atoms with E-state index in [1.807, 2.05) is 0 Å². The Labute approximate surface area is 81.2 Å². The van der Waals surface area contributed by atoms with E-state index in [0.717, 1.165) is 17.1 Å². The van der Waals surface area contributed by atoms with E-state index in [0.29, 0.717) is 0 Å². The van der Waals surface area contributed by atoms with Gasteiger partial charge in [0.05, 0.1) is 6.54 Å². The molecule has 0 aliphatic heterocycles. The first kappa shape index (κ1) is 12.2. The molecular weight excluding hydrogens is 188 g/mol. The van der Waals surface area contributed by atoms with Crippen molar-refractivity contribution in [2.45, 2.75) is 0 Å². The van der Waals surface area contributed by atoms with Crippen LogP contribution < -0.4 is 5.32 Å². The Balaban J connectivity index is 4.12. The van der Waals surface area contributed by atoms with Crippen molar-refractivity contribution < 1.29 is 19.5 Å². The van der Waals surface area contributed by atoms with E-state index in [4.69, 9.17) is 5.11 Å². The first-order chi connectivity index (χ1) is 6.47. The zero-order valence-corrected chi connectivity index (χ0v) is 7.98. The normalized spacial score (nSPS) is 9.86. The Morgan fingerprint density at radius 2 is 1.93 bits per heavy atom. The van der Waals surface area contributed by atoms with Crippen LogP contribution in [-0.4, -0.2) is 48.4 Å². The maximum atomic E-state index is 11.1. The Hall–Kier alpha value is -1.85. The van der Waals surface area contributed by atoms with Crippen LogP contribution in [0.3, 0.4) is 0 Å². The zero-order chi connectivity index (χ0) is 11.1. The van der Waals surface area contributed by atoms with E-state index in [1.165, 1.54) is 14.1 Å². The molecule has 0 aromatic rings. The van der Waals surface area contributed by atoms with Gasteiger partial charge in [-0.3, -0.25) is 9.59 Å². The van der Waals surface area contributed by atoms with Crippen molar-refractivity contribution in [2.75, 3.05) is 20.6 Å². The Kier molecular flexibility index (Phi) is 4.98. The van der Waals surface area contributed by atoms with Gasteiger partial charge >= 0.3 is 5.97 Å². The predicted molar refractivity (Wildman–Crippen MR) is 48.5 cm³/mol. The summed E-state index contributed by atoms with van der Waals surface area (Å²) in [5.74, 6) is -2.05. The maximum Gasteiger partial charge on any atom is 0.328 e. The van der Waals surface area contributed by atoms with Gasteiger partial charge in [0.15, 0.2) is 0 Å².